The summed E-state index contributed by atoms with van der Waals surface area (Å²) in [5, 5.41) is 2.57. The quantitative estimate of drug-likeness (QED) is 0.791. The fourth-order valence-electron chi connectivity index (χ4n) is 2.19. The highest BCUT2D eigenvalue weighted by atomic mass is 16.5. The minimum atomic E-state index is 0.0716. The van der Waals surface area contributed by atoms with Gasteiger partial charge in [0.1, 0.15) is 0 Å². The van der Waals surface area contributed by atoms with E-state index in [2.05, 4.69) is 49.4 Å². The largest absolute Gasteiger partial charge is 0.380 e. The SMILES string of the molecule is CCCOCC(N)Cc1cccc2ccccc12. The monoisotopic (exact) mass is 243 g/mol. The van der Waals surface area contributed by atoms with Crippen LogP contribution in [0.1, 0.15) is 18.9 Å². The Hall–Kier alpha value is -1.38. The van der Waals surface area contributed by atoms with E-state index in [4.69, 9.17) is 10.5 Å². The van der Waals surface area contributed by atoms with Crippen LogP contribution in [-0.4, -0.2) is 19.3 Å². The van der Waals surface area contributed by atoms with E-state index in [-0.39, 0.29) is 6.04 Å². The first-order valence-corrected chi connectivity index (χ1v) is 6.61. The van der Waals surface area contributed by atoms with Gasteiger partial charge in [0.05, 0.1) is 6.61 Å². The Morgan fingerprint density at radius 2 is 1.89 bits per heavy atom. The minimum absolute atomic E-state index is 0.0716. The molecule has 1 unspecified atom stereocenters. The number of hydrogen-bond acceptors (Lipinski definition) is 2. The summed E-state index contributed by atoms with van der Waals surface area (Å²) in [6.45, 7) is 3.54. The highest BCUT2D eigenvalue weighted by Gasteiger charge is 2.07. The summed E-state index contributed by atoms with van der Waals surface area (Å²) >= 11 is 0. The zero-order chi connectivity index (χ0) is 12.8. The van der Waals surface area contributed by atoms with Gasteiger partial charge in [-0.3, -0.25) is 0 Å². The Morgan fingerprint density at radius 1 is 1.11 bits per heavy atom. The van der Waals surface area contributed by atoms with Gasteiger partial charge in [0.15, 0.2) is 0 Å². The second-order valence-corrected chi connectivity index (χ2v) is 4.68. The first-order valence-electron chi connectivity index (χ1n) is 6.61. The van der Waals surface area contributed by atoms with Crippen LogP contribution in [0.2, 0.25) is 0 Å². The van der Waals surface area contributed by atoms with Gasteiger partial charge in [-0.2, -0.15) is 0 Å². The molecule has 2 N–H and O–H groups in total. The molecule has 2 aromatic rings. The van der Waals surface area contributed by atoms with Gasteiger partial charge in [0.25, 0.3) is 0 Å². The van der Waals surface area contributed by atoms with Crippen LogP contribution in [0.5, 0.6) is 0 Å². The van der Waals surface area contributed by atoms with Crippen LogP contribution >= 0.6 is 0 Å². The van der Waals surface area contributed by atoms with Crippen molar-refractivity contribution in [1.29, 1.82) is 0 Å². The molecule has 0 aromatic heterocycles. The third-order valence-electron chi connectivity index (χ3n) is 3.04. The summed E-state index contributed by atoms with van der Waals surface area (Å²) in [6.07, 6.45) is 1.91. The number of nitrogens with two attached hydrogens (primary N) is 1. The molecule has 0 saturated heterocycles. The molecule has 0 aliphatic rings. The third kappa shape index (κ3) is 3.31. The average Bonchev–Trinajstić information content (AvgIpc) is 2.39. The van der Waals surface area contributed by atoms with Crippen molar-refractivity contribution < 1.29 is 4.74 Å². The first-order chi connectivity index (χ1) is 8.81. The Bertz CT molecular complexity index is 490. The molecule has 96 valence electrons. The molecule has 0 aliphatic heterocycles. The second kappa shape index (κ2) is 6.53. The van der Waals surface area contributed by atoms with Gasteiger partial charge in [0, 0.05) is 12.6 Å². The maximum Gasteiger partial charge on any atom is 0.0620 e. The maximum atomic E-state index is 6.11. The van der Waals surface area contributed by atoms with Crippen molar-refractivity contribution in [3.05, 3.63) is 48.0 Å². The summed E-state index contributed by atoms with van der Waals surface area (Å²) in [5.41, 5.74) is 7.42. The Balaban J connectivity index is 2.07. The first kappa shape index (κ1) is 13.1. The predicted molar refractivity (Wildman–Crippen MR) is 76.7 cm³/mol. The smallest absolute Gasteiger partial charge is 0.0620 e. The molecule has 0 heterocycles. The molecule has 0 saturated carbocycles. The number of benzene rings is 2. The summed E-state index contributed by atoms with van der Waals surface area (Å²) in [7, 11) is 0. The molecule has 2 heteroatoms. The van der Waals surface area contributed by atoms with Crippen molar-refractivity contribution in [1.82, 2.24) is 0 Å². The lowest BCUT2D eigenvalue weighted by Gasteiger charge is -2.13. The van der Waals surface area contributed by atoms with Gasteiger partial charge in [-0.15, -0.1) is 0 Å². The van der Waals surface area contributed by atoms with E-state index in [1.54, 1.807) is 0 Å². The number of rotatable bonds is 6. The zero-order valence-electron chi connectivity index (χ0n) is 10.9. The molecule has 0 spiro atoms. The molecule has 2 rings (SSSR count). The highest BCUT2D eigenvalue weighted by Crippen LogP contribution is 2.19. The van der Waals surface area contributed by atoms with Crippen molar-refractivity contribution in [2.75, 3.05) is 13.2 Å². The predicted octanol–water partition coefficient (Wildman–Crippen LogP) is 3.14. The molecule has 0 aliphatic carbocycles. The molecule has 0 amide bonds. The molecule has 18 heavy (non-hydrogen) atoms. The van der Waals surface area contributed by atoms with Gasteiger partial charge in [-0.05, 0) is 29.2 Å². The van der Waals surface area contributed by atoms with E-state index in [1.165, 1.54) is 16.3 Å². The zero-order valence-corrected chi connectivity index (χ0v) is 10.9. The Morgan fingerprint density at radius 3 is 2.72 bits per heavy atom. The van der Waals surface area contributed by atoms with E-state index in [0.29, 0.717) is 6.61 Å². The standard InChI is InChI=1S/C16H21NO/c1-2-10-18-12-15(17)11-14-8-5-7-13-6-3-4-9-16(13)14/h3-9,15H,2,10-12,17H2,1H3. The van der Waals surface area contributed by atoms with Crippen LogP contribution in [0.3, 0.4) is 0 Å². The van der Waals surface area contributed by atoms with Gasteiger partial charge in [0.2, 0.25) is 0 Å². The van der Waals surface area contributed by atoms with E-state index in [0.717, 1.165) is 19.4 Å². The van der Waals surface area contributed by atoms with Gasteiger partial charge < -0.3 is 10.5 Å². The summed E-state index contributed by atoms with van der Waals surface area (Å²) in [5.74, 6) is 0. The normalized spacial score (nSPS) is 12.8. The molecule has 0 fully saturated rings. The lowest BCUT2D eigenvalue weighted by atomic mass is 9.99. The Kier molecular flexibility index (Phi) is 4.73. The van der Waals surface area contributed by atoms with E-state index < -0.39 is 0 Å². The van der Waals surface area contributed by atoms with Gasteiger partial charge in [-0.25, -0.2) is 0 Å². The minimum Gasteiger partial charge on any atom is -0.380 e. The molecule has 0 radical (unpaired) electrons. The molecule has 2 nitrogen and oxygen atoms in total. The van der Waals surface area contributed by atoms with Gasteiger partial charge in [-0.1, -0.05) is 49.4 Å². The van der Waals surface area contributed by atoms with Crippen LogP contribution in [0.15, 0.2) is 42.5 Å². The topological polar surface area (TPSA) is 35.2 Å². The molecule has 0 bridgehead atoms. The van der Waals surface area contributed by atoms with Crippen molar-refractivity contribution in [2.24, 2.45) is 5.73 Å². The second-order valence-electron chi connectivity index (χ2n) is 4.68. The average molecular weight is 243 g/mol. The number of ether oxygens (including phenoxy) is 1. The molecule has 2 aromatic carbocycles. The van der Waals surface area contributed by atoms with Crippen molar-refractivity contribution in [2.45, 2.75) is 25.8 Å². The van der Waals surface area contributed by atoms with E-state index in [1.807, 2.05) is 0 Å². The molecular formula is C16H21NO. The number of fused-ring (bicyclic) bond motifs is 1. The van der Waals surface area contributed by atoms with Crippen LogP contribution in [0.25, 0.3) is 10.8 Å². The molecule has 1 atom stereocenters. The highest BCUT2D eigenvalue weighted by molar-refractivity contribution is 5.85. The van der Waals surface area contributed by atoms with Crippen molar-refractivity contribution in [3.63, 3.8) is 0 Å². The van der Waals surface area contributed by atoms with Crippen LogP contribution < -0.4 is 5.73 Å². The Labute approximate surface area is 109 Å². The van der Waals surface area contributed by atoms with Crippen molar-refractivity contribution in [3.8, 4) is 0 Å². The number of hydrogen-bond donors (Lipinski definition) is 1. The maximum absolute atomic E-state index is 6.11. The van der Waals surface area contributed by atoms with Crippen LogP contribution in [0, 0.1) is 0 Å². The fraction of sp³-hybridized carbons (Fsp3) is 0.375. The van der Waals surface area contributed by atoms with E-state index in [9.17, 15) is 0 Å². The lowest BCUT2D eigenvalue weighted by molar-refractivity contribution is 0.121. The van der Waals surface area contributed by atoms with Crippen LogP contribution in [0.4, 0.5) is 0 Å². The fourth-order valence-corrected chi connectivity index (χ4v) is 2.19. The lowest BCUT2D eigenvalue weighted by Crippen LogP contribution is -2.28. The van der Waals surface area contributed by atoms with E-state index >= 15 is 0 Å². The van der Waals surface area contributed by atoms with Crippen LogP contribution in [-0.2, 0) is 11.2 Å². The molecular weight excluding hydrogens is 222 g/mol. The summed E-state index contributed by atoms with van der Waals surface area (Å²) in [6, 6.07) is 14.9. The third-order valence-corrected chi connectivity index (χ3v) is 3.04. The van der Waals surface area contributed by atoms with Gasteiger partial charge >= 0.3 is 0 Å². The summed E-state index contributed by atoms with van der Waals surface area (Å²) in [4.78, 5) is 0. The summed E-state index contributed by atoms with van der Waals surface area (Å²) < 4.78 is 5.50. The van der Waals surface area contributed by atoms with Crippen molar-refractivity contribution >= 4 is 10.8 Å².